The summed E-state index contributed by atoms with van der Waals surface area (Å²) in [6, 6.07) is 3.53. The molecule has 0 aliphatic heterocycles. The zero-order valence-electron chi connectivity index (χ0n) is 17.0. The Labute approximate surface area is 178 Å². The van der Waals surface area contributed by atoms with Gasteiger partial charge in [-0.2, -0.15) is 0 Å². The lowest BCUT2D eigenvalue weighted by atomic mass is 10.0. The van der Waals surface area contributed by atoms with Crippen LogP contribution in [0.4, 0.5) is 0 Å². The number of hydrogen-bond donors (Lipinski definition) is 7. The van der Waals surface area contributed by atoms with Gasteiger partial charge in [0.1, 0.15) is 18.1 Å². The number of nitrogens with two attached hydrogens (primary N) is 2. The number of primary amides is 1. The summed E-state index contributed by atoms with van der Waals surface area (Å²) < 4.78 is 0. The lowest BCUT2D eigenvalue weighted by Crippen LogP contribution is -2.57. The van der Waals surface area contributed by atoms with Gasteiger partial charge in [0.2, 0.25) is 17.7 Å². The Morgan fingerprint density at radius 3 is 2.35 bits per heavy atom. The minimum absolute atomic E-state index is 0.0380. The smallest absolute Gasteiger partial charge is 0.326 e. The first kappa shape index (κ1) is 23.8. The van der Waals surface area contributed by atoms with Crippen molar-refractivity contribution < 1.29 is 29.4 Å². The van der Waals surface area contributed by atoms with Crippen molar-refractivity contribution in [2.75, 3.05) is 0 Å². The summed E-state index contributed by atoms with van der Waals surface area (Å²) in [7, 11) is 0. The Hall–Kier alpha value is -3.44. The summed E-state index contributed by atoms with van der Waals surface area (Å²) in [5.74, 6) is -3.58. The van der Waals surface area contributed by atoms with E-state index in [4.69, 9.17) is 11.5 Å². The predicted octanol–water partition coefficient (Wildman–Crippen LogP) is -1.26. The van der Waals surface area contributed by atoms with Crippen molar-refractivity contribution in [1.29, 1.82) is 0 Å². The number of H-pyrrole nitrogens is 1. The number of carbonyl (C=O) groups excluding carboxylic acids is 3. The number of rotatable bonds is 11. The molecule has 11 heteroatoms. The number of amides is 3. The van der Waals surface area contributed by atoms with Gasteiger partial charge in [-0.1, -0.05) is 18.2 Å². The van der Waals surface area contributed by atoms with Crippen LogP contribution in [0.1, 0.15) is 25.3 Å². The van der Waals surface area contributed by atoms with E-state index in [1.807, 2.05) is 24.3 Å². The van der Waals surface area contributed by atoms with Crippen LogP contribution < -0.4 is 22.1 Å². The molecule has 0 bridgehead atoms. The number of benzene rings is 1. The zero-order valence-corrected chi connectivity index (χ0v) is 17.0. The molecule has 2 aromatic rings. The van der Waals surface area contributed by atoms with Crippen molar-refractivity contribution >= 4 is 34.6 Å². The Bertz CT molecular complexity index is 956. The van der Waals surface area contributed by atoms with E-state index < -0.39 is 47.9 Å². The largest absolute Gasteiger partial charge is 0.480 e. The van der Waals surface area contributed by atoms with E-state index in [-0.39, 0.29) is 19.3 Å². The van der Waals surface area contributed by atoms with Crippen LogP contribution in [0, 0.1) is 0 Å². The number of nitrogens with one attached hydrogen (secondary N) is 3. The minimum Gasteiger partial charge on any atom is -0.480 e. The first-order chi connectivity index (χ1) is 14.6. The summed E-state index contributed by atoms with van der Waals surface area (Å²) in [4.78, 5) is 50.8. The van der Waals surface area contributed by atoms with Gasteiger partial charge in [-0.3, -0.25) is 14.4 Å². The Kier molecular flexibility index (Phi) is 8.11. The summed E-state index contributed by atoms with van der Waals surface area (Å²) in [5.41, 5.74) is 12.3. The minimum atomic E-state index is -1.37. The second-order valence-electron chi connectivity index (χ2n) is 7.30. The predicted molar refractivity (Wildman–Crippen MR) is 112 cm³/mol. The maximum atomic E-state index is 12.9. The molecule has 1 aromatic heterocycles. The summed E-state index contributed by atoms with van der Waals surface area (Å²) in [6.45, 7) is 1.34. The molecule has 168 valence electrons. The number of aliphatic hydroxyl groups is 1. The number of hydrogen-bond acceptors (Lipinski definition) is 6. The van der Waals surface area contributed by atoms with Crippen LogP contribution in [-0.2, 0) is 25.6 Å². The molecule has 0 radical (unpaired) electrons. The third-order valence-electron chi connectivity index (χ3n) is 4.85. The average Bonchev–Trinajstić information content (AvgIpc) is 3.12. The molecule has 0 saturated carbocycles. The van der Waals surface area contributed by atoms with Gasteiger partial charge in [-0.25, -0.2) is 4.79 Å². The summed E-state index contributed by atoms with van der Waals surface area (Å²) >= 11 is 0. The van der Waals surface area contributed by atoms with Gasteiger partial charge in [-0.05, 0) is 25.0 Å². The summed E-state index contributed by atoms with van der Waals surface area (Å²) in [6.07, 6.45) is 0.143. The quantitative estimate of drug-likeness (QED) is 0.229. The zero-order chi connectivity index (χ0) is 23.1. The molecule has 0 aliphatic rings. The molecule has 0 unspecified atom stereocenters. The van der Waals surface area contributed by atoms with Crippen LogP contribution in [0.3, 0.4) is 0 Å². The molecule has 31 heavy (non-hydrogen) atoms. The van der Waals surface area contributed by atoms with E-state index in [9.17, 15) is 29.4 Å². The monoisotopic (exact) mass is 433 g/mol. The number of carbonyl (C=O) groups is 4. The fourth-order valence-corrected chi connectivity index (χ4v) is 3.03. The molecular formula is C20H27N5O6. The van der Waals surface area contributed by atoms with Crippen molar-refractivity contribution in [3.8, 4) is 0 Å². The molecule has 0 saturated heterocycles. The summed E-state index contributed by atoms with van der Waals surface area (Å²) in [5, 5.41) is 24.6. The van der Waals surface area contributed by atoms with Crippen molar-refractivity contribution in [2.24, 2.45) is 11.5 Å². The highest BCUT2D eigenvalue weighted by atomic mass is 16.4. The van der Waals surface area contributed by atoms with Crippen molar-refractivity contribution in [3.63, 3.8) is 0 Å². The number of aromatic nitrogens is 1. The molecule has 0 aliphatic carbocycles. The number of aliphatic hydroxyl groups excluding tert-OH is 1. The van der Waals surface area contributed by atoms with Crippen molar-refractivity contribution in [1.82, 2.24) is 15.6 Å². The standard InChI is InChI=1S/C20H27N5O6/c1-10(26)17(22)19(29)25-15(8-11-9-23-13-5-3-2-4-12(11)13)18(28)24-14(20(30)31)6-7-16(21)27/h2-5,9-10,14-15,17,23,26H,6-8,22H2,1H3,(H2,21,27)(H,24,28)(H,25,29)(H,30,31)/t10-,14+,15+,17+/m1/s1. The van der Waals surface area contributed by atoms with E-state index in [1.165, 1.54) is 6.92 Å². The molecule has 1 heterocycles. The van der Waals surface area contributed by atoms with E-state index >= 15 is 0 Å². The highest BCUT2D eigenvalue weighted by Gasteiger charge is 2.30. The Morgan fingerprint density at radius 1 is 1.10 bits per heavy atom. The molecule has 11 nitrogen and oxygen atoms in total. The number of fused-ring (bicyclic) bond motifs is 1. The van der Waals surface area contributed by atoms with E-state index in [2.05, 4.69) is 15.6 Å². The topological polar surface area (TPSA) is 201 Å². The molecular weight excluding hydrogens is 406 g/mol. The second kappa shape index (κ2) is 10.5. The van der Waals surface area contributed by atoms with Gasteiger partial charge < -0.3 is 37.3 Å². The van der Waals surface area contributed by atoms with Crippen LogP contribution in [0.5, 0.6) is 0 Å². The molecule has 0 spiro atoms. The molecule has 1 aromatic carbocycles. The first-order valence-electron chi connectivity index (χ1n) is 9.70. The normalized spacial score (nSPS) is 14.9. The number of para-hydroxylation sites is 1. The van der Waals surface area contributed by atoms with Gasteiger partial charge in [-0.15, -0.1) is 0 Å². The van der Waals surface area contributed by atoms with Gasteiger partial charge in [0, 0.05) is 29.9 Å². The number of carboxylic acids is 1. The lowest BCUT2D eigenvalue weighted by Gasteiger charge is -2.23. The van der Waals surface area contributed by atoms with Crippen LogP contribution in [0.15, 0.2) is 30.5 Å². The van der Waals surface area contributed by atoms with Crippen LogP contribution in [0.2, 0.25) is 0 Å². The third-order valence-corrected chi connectivity index (χ3v) is 4.85. The average molecular weight is 433 g/mol. The van der Waals surface area contributed by atoms with Gasteiger partial charge >= 0.3 is 5.97 Å². The van der Waals surface area contributed by atoms with Gasteiger partial charge in [0.05, 0.1) is 6.10 Å². The van der Waals surface area contributed by atoms with Crippen LogP contribution >= 0.6 is 0 Å². The van der Waals surface area contributed by atoms with Crippen molar-refractivity contribution in [2.45, 2.75) is 50.4 Å². The first-order valence-corrected chi connectivity index (χ1v) is 9.70. The molecule has 0 fully saturated rings. The highest BCUT2D eigenvalue weighted by molar-refractivity contribution is 5.93. The number of aliphatic carboxylic acids is 1. The van der Waals surface area contributed by atoms with Crippen LogP contribution in [-0.4, -0.2) is 63.1 Å². The number of aromatic amines is 1. The molecule has 4 atom stereocenters. The fraction of sp³-hybridized carbons (Fsp3) is 0.400. The van der Waals surface area contributed by atoms with Gasteiger partial charge in [0.25, 0.3) is 0 Å². The molecule has 9 N–H and O–H groups in total. The van der Waals surface area contributed by atoms with Gasteiger partial charge in [0.15, 0.2) is 0 Å². The SMILES string of the molecule is C[C@@H](O)[C@H](N)C(=O)N[C@@H](Cc1c[nH]c2ccccc12)C(=O)N[C@@H](CCC(N)=O)C(=O)O. The van der Waals surface area contributed by atoms with E-state index in [0.29, 0.717) is 5.56 Å². The Morgan fingerprint density at radius 2 is 1.74 bits per heavy atom. The highest BCUT2D eigenvalue weighted by Crippen LogP contribution is 2.19. The molecule has 3 amide bonds. The second-order valence-corrected chi connectivity index (χ2v) is 7.30. The fourth-order valence-electron chi connectivity index (χ4n) is 3.03. The number of carboxylic acid groups (broad SMARTS) is 1. The van der Waals surface area contributed by atoms with E-state index in [0.717, 1.165) is 10.9 Å². The molecule has 2 rings (SSSR count). The van der Waals surface area contributed by atoms with Crippen molar-refractivity contribution in [3.05, 3.63) is 36.0 Å². The Balaban J connectivity index is 2.25. The van der Waals surface area contributed by atoms with E-state index in [1.54, 1.807) is 6.20 Å². The maximum Gasteiger partial charge on any atom is 0.326 e. The maximum absolute atomic E-state index is 12.9. The van der Waals surface area contributed by atoms with Crippen LogP contribution in [0.25, 0.3) is 10.9 Å². The third kappa shape index (κ3) is 6.52. The lowest BCUT2D eigenvalue weighted by molar-refractivity contribution is -0.142.